The number of H-pyrrole nitrogens is 1. The fourth-order valence-corrected chi connectivity index (χ4v) is 7.20. The number of aromatic nitrogens is 2. The van der Waals surface area contributed by atoms with E-state index in [0.717, 1.165) is 54.3 Å². The van der Waals surface area contributed by atoms with E-state index in [1.165, 1.54) is 24.3 Å². The summed E-state index contributed by atoms with van der Waals surface area (Å²) < 4.78 is 29.9. The van der Waals surface area contributed by atoms with E-state index in [9.17, 15) is 18.5 Å². The number of benzene rings is 2. The summed E-state index contributed by atoms with van der Waals surface area (Å²) in [5.74, 6) is -0.418. The Kier molecular flexibility index (Phi) is 7.74. The second kappa shape index (κ2) is 11.2. The van der Waals surface area contributed by atoms with Gasteiger partial charge in [0.2, 0.25) is 15.9 Å². The Morgan fingerprint density at radius 2 is 1.85 bits per heavy atom. The predicted molar refractivity (Wildman–Crippen MR) is 154 cm³/mol. The van der Waals surface area contributed by atoms with Crippen LogP contribution in [0.5, 0.6) is 0 Å². The maximum atomic E-state index is 14.1. The van der Waals surface area contributed by atoms with Crippen LogP contribution in [-0.4, -0.2) is 36.4 Å². The Morgan fingerprint density at radius 1 is 1.07 bits per heavy atom. The average molecular weight is 556 g/mol. The van der Waals surface area contributed by atoms with Crippen molar-refractivity contribution in [3.63, 3.8) is 0 Å². The van der Waals surface area contributed by atoms with E-state index in [2.05, 4.69) is 20.0 Å². The number of aromatic amines is 1. The molecule has 0 bridgehead atoms. The minimum atomic E-state index is -4.15. The number of hydrogen-bond acceptors (Lipinski definition) is 5. The summed E-state index contributed by atoms with van der Waals surface area (Å²) in [4.78, 5) is 21.8. The number of nitrogens with one attached hydrogen (secondary N) is 3. The largest absolute Gasteiger partial charge is 0.361 e. The van der Waals surface area contributed by atoms with Crippen LogP contribution in [-0.2, 0) is 26.7 Å². The number of sulfonamides is 1. The van der Waals surface area contributed by atoms with Gasteiger partial charge in [-0.25, -0.2) is 8.42 Å². The second-order valence-corrected chi connectivity index (χ2v) is 12.5. The lowest BCUT2D eigenvalue weighted by Gasteiger charge is -2.38. The zero-order chi connectivity index (χ0) is 28.2. The SMILES string of the molecule is C[C@@](Cc1c[nH]c2ccccc12)(NS(=O)(=O)c1cccc(C#N)c1)C(=O)NCC1(c2ccccn2)CCCCC1. The molecule has 0 radical (unpaired) electrons. The number of para-hydroxylation sites is 1. The van der Waals surface area contributed by atoms with Gasteiger partial charge in [-0.05, 0) is 61.7 Å². The number of pyridine rings is 1. The third kappa shape index (κ3) is 5.64. The average Bonchev–Trinajstić information content (AvgIpc) is 3.39. The molecule has 5 rings (SSSR count). The van der Waals surface area contributed by atoms with Crippen LogP contribution in [0.3, 0.4) is 0 Å². The molecule has 1 aliphatic rings. The summed E-state index contributed by atoms with van der Waals surface area (Å²) in [6.07, 6.45) is 8.74. The molecule has 0 aliphatic heterocycles. The Labute approximate surface area is 234 Å². The number of hydrogen-bond donors (Lipinski definition) is 3. The van der Waals surface area contributed by atoms with Gasteiger partial charge < -0.3 is 10.3 Å². The number of rotatable bonds is 9. The highest BCUT2D eigenvalue weighted by Gasteiger charge is 2.41. The summed E-state index contributed by atoms with van der Waals surface area (Å²) in [5.41, 5.74) is 1.06. The summed E-state index contributed by atoms with van der Waals surface area (Å²) in [6.45, 7) is 1.97. The molecule has 1 atom stereocenters. The van der Waals surface area contributed by atoms with E-state index in [1.54, 1.807) is 13.1 Å². The van der Waals surface area contributed by atoms with Crippen LogP contribution in [0.4, 0.5) is 0 Å². The first-order valence-electron chi connectivity index (χ1n) is 13.5. The maximum Gasteiger partial charge on any atom is 0.241 e. The zero-order valence-corrected chi connectivity index (χ0v) is 23.3. The van der Waals surface area contributed by atoms with E-state index in [-0.39, 0.29) is 22.3 Å². The van der Waals surface area contributed by atoms with Crippen LogP contribution in [0.25, 0.3) is 10.9 Å². The van der Waals surface area contributed by atoms with Gasteiger partial charge in [0.15, 0.2) is 0 Å². The summed E-state index contributed by atoms with van der Waals surface area (Å²) in [5, 5.41) is 13.3. The van der Waals surface area contributed by atoms with Crippen molar-refractivity contribution in [1.82, 2.24) is 20.0 Å². The number of carbonyl (C=O) groups is 1. The van der Waals surface area contributed by atoms with Crippen molar-refractivity contribution in [3.8, 4) is 6.07 Å². The molecule has 3 N–H and O–H groups in total. The number of fused-ring (bicyclic) bond motifs is 1. The lowest BCUT2D eigenvalue weighted by atomic mass is 9.71. The monoisotopic (exact) mass is 555 g/mol. The molecule has 1 aliphatic carbocycles. The molecule has 2 aromatic carbocycles. The maximum absolute atomic E-state index is 14.1. The van der Waals surface area contributed by atoms with E-state index in [4.69, 9.17) is 0 Å². The molecule has 9 heteroatoms. The lowest BCUT2D eigenvalue weighted by molar-refractivity contribution is -0.126. The molecule has 1 amide bonds. The quantitative estimate of drug-likeness (QED) is 0.275. The van der Waals surface area contributed by atoms with Gasteiger partial charge in [-0.1, -0.05) is 49.6 Å². The second-order valence-electron chi connectivity index (χ2n) is 10.9. The topological polar surface area (TPSA) is 128 Å². The molecule has 2 heterocycles. The van der Waals surface area contributed by atoms with Gasteiger partial charge in [-0.15, -0.1) is 0 Å². The van der Waals surface area contributed by atoms with Gasteiger partial charge >= 0.3 is 0 Å². The molecule has 0 unspecified atom stereocenters. The Hall–Kier alpha value is -4.00. The third-order valence-electron chi connectivity index (χ3n) is 7.96. The molecule has 2 aromatic heterocycles. The van der Waals surface area contributed by atoms with Gasteiger partial charge in [-0.2, -0.15) is 9.98 Å². The molecule has 1 fully saturated rings. The van der Waals surface area contributed by atoms with E-state index in [0.29, 0.717) is 6.54 Å². The van der Waals surface area contributed by atoms with Crippen LogP contribution in [0.1, 0.15) is 55.8 Å². The first-order chi connectivity index (χ1) is 19.2. The molecular formula is C31H33N5O3S. The first-order valence-corrected chi connectivity index (χ1v) is 15.0. The van der Waals surface area contributed by atoms with Crippen molar-refractivity contribution in [2.24, 2.45) is 0 Å². The fraction of sp³-hybridized carbons (Fsp3) is 0.323. The molecular weight excluding hydrogens is 522 g/mol. The van der Waals surface area contributed by atoms with E-state index >= 15 is 0 Å². The fourth-order valence-electron chi connectivity index (χ4n) is 5.78. The molecule has 40 heavy (non-hydrogen) atoms. The minimum Gasteiger partial charge on any atom is -0.361 e. The number of nitrogens with zero attached hydrogens (tertiary/aromatic N) is 2. The standard InChI is InChI=1S/C31H33N5O3S/c1-30(19-24-21-34-27-13-4-3-12-26(24)27,36-40(38,39)25-11-9-10-23(18-25)20-32)29(37)35-22-31(15-6-2-7-16-31)28-14-5-8-17-33-28/h3-5,8-14,17-18,21,34,36H,2,6-7,15-16,19,22H2,1H3,(H,35,37)/t30-/m0/s1. The minimum absolute atomic E-state index is 0.0678. The van der Waals surface area contributed by atoms with Crippen molar-refractivity contribution in [2.75, 3.05) is 6.54 Å². The van der Waals surface area contributed by atoms with Crippen molar-refractivity contribution in [2.45, 2.75) is 61.3 Å². The highest BCUT2D eigenvalue weighted by molar-refractivity contribution is 7.89. The van der Waals surface area contributed by atoms with Gasteiger partial charge in [0, 0.05) is 47.4 Å². The lowest BCUT2D eigenvalue weighted by Crippen LogP contribution is -2.59. The predicted octanol–water partition coefficient (Wildman–Crippen LogP) is 4.73. The highest BCUT2D eigenvalue weighted by atomic mass is 32.2. The number of carbonyl (C=O) groups excluding carboxylic acids is 1. The van der Waals surface area contributed by atoms with Crippen molar-refractivity contribution in [1.29, 1.82) is 5.26 Å². The van der Waals surface area contributed by atoms with Crippen molar-refractivity contribution in [3.05, 3.63) is 95.9 Å². The molecule has 206 valence electrons. The van der Waals surface area contributed by atoms with Gasteiger partial charge in [0.1, 0.15) is 5.54 Å². The van der Waals surface area contributed by atoms with E-state index in [1.807, 2.05) is 54.7 Å². The zero-order valence-electron chi connectivity index (χ0n) is 22.5. The first kappa shape index (κ1) is 27.6. The smallest absolute Gasteiger partial charge is 0.241 e. The van der Waals surface area contributed by atoms with Crippen LogP contribution in [0.2, 0.25) is 0 Å². The van der Waals surface area contributed by atoms with Crippen molar-refractivity contribution >= 4 is 26.8 Å². The molecule has 0 spiro atoms. The van der Waals surface area contributed by atoms with Gasteiger partial charge in [0.25, 0.3) is 0 Å². The Morgan fingerprint density at radius 3 is 2.60 bits per heavy atom. The third-order valence-corrected chi connectivity index (χ3v) is 9.55. The molecule has 1 saturated carbocycles. The van der Waals surface area contributed by atoms with E-state index < -0.39 is 21.5 Å². The van der Waals surface area contributed by atoms with Crippen molar-refractivity contribution < 1.29 is 13.2 Å². The van der Waals surface area contributed by atoms with Crippen LogP contribution in [0.15, 0.2) is 84.0 Å². The summed E-state index contributed by atoms with van der Waals surface area (Å²) >= 11 is 0. The van der Waals surface area contributed by atoms with Crippen LogP contribution < -0.4 is 10.0 Å². The van der Waals surface area contributed by atoms with Gasteiger partial charge in [0.05, 0.1) is 16.5 Å². The molecule has 0 saturated heterocycles. The Bertz CT molecular complexity index is 1650. The van der Waals surface area contributed by atoms with Crippen LogP contribution >= 0.6 is 0 Å². The highest BCUT2D eigenvalue weighted by Crippen LogP contribution is 2.38. The number of amides is 1. The normalized spacial score (nSPS) is 16.6. The molecule has 8 nitrogen and oxygen atoms in total. The Balaban J connectivity index is 1.48. The van der Waals surface area contributed by atoms with Gasteiger partial charge in [-0.3, -0.25) is 9.78 Å². The summed E-state index contributed by atoms with van der Waals surface area (Å²) in [6, 6.07) is 21.3. The summed E-state index contributed by atoms with van der Waals surface area (Å²) in [7, 11) is -4.15. The van der Waals surface area contributed by atoms with Crippen LogP contribution in [0, 0.1) is 11.3 Å². The number of nitriles is 1. The molecule has 4 aromatic rings.